The molecule has 2 aromatic rings. The lowest BCUT2D eigenvalue weighted by Crippen LogP contribution is -2.15. The van der Waals surface area contributed by atoms with E-state index < -0.39 is 10.0 Å². The van der Waals surface area contributed by atoms with Crippen LogP contribution < -0.4 is 9.62 Å². The highest BCUT2D eigenvalue weighted by Crippen LogP contribution is 2.24. The summed E-state index contributed by atoms with van der Waals surface area (Å²) in [7, 11) is -0.0702. The van der Waals surface area contributed by atoms with Gasteiger partial charge in [-0.05, 0) is 34.1 Å². The molecule has 0 unspecified atom stereocenters. The van der Waals surface area contributed by atoms with Crippen molar-refractivity contribution in [3.63, 3.8) is 0 Å². The number of pyridine rings is 2. The summed E-state index contributed by atoms with van der Waals surface area (Å²) in [5.41, 5.74) is 0.308. The van der Waals surface area contributed by atoms with Gasteiger partial charge in [0.1, 0.15) is 15.9 Å². The van der Waals surface area contributed by atoms with Crippen molar-refractivity contribution in [1.82, 2.24) is 9.97 Å². The normalized spacial score (nSPS) is 11.2. The van der Waals surface area contributed by atoms with Gasteiger partial charge in [-0.1, -0.05) is 11.6 Å². The van der Waals surface area contributed by atoms with Gasteiger partial charge < -0.3 is 4.90 Å². The van der Waals surface area contributed by atoms with Crippen molar-refractivity contribution in [3.05, 3.63) is 40.2 Å². The van der Waals surface area contributed by atoms with Gasteiger partial charge in [0.05, 0.1) is 16.4 Å². The number of rotatable bonds is 4. The molecule has 2 aromatic heterocycles. The average Bonchev–Trinajstić information content (AvgIpc) is 2.43. The Hall–Kier alpha value is -1.38. The van der Waals surface area contributed by atoms with Crippen LogP contribution in [0.25, 0.3) is 0 Å². The van der Waals surface area contributed by atoms with Crippen LogP contribution in [0.4, 0.5) is 11.5 Å². The molecule has 6 nitrogen and oxygen atoms in total. The Bertz CT molecular complexity index is 750. The van der Waals surface area contributed by atoms with Gasteiger partial charge in [-0.2, -0.15) is 0 Å². The van der Waals surface area contributed by atoms with Crippen LogP contribution in [0.1, 0.15) is 0 Å². The highest BCUT2D eigenvalue weighted by Gasteiger charge is 2.16. The summed E-state index contributed by atoms with van der Waals surface area (Å²) in [5, 5.41) is 0.259. The van der Waals surface area contributed by atoms with Gasteiger partial charge in [-0.25, -0.2) is 18.4 Å². The summed E-state index contributed by atoms with van der Waals surface area (Å²) in [6, 6.07) is 4.65. The standard InChI is InChI=1S/C12H12BrClN4O2S/c1-18(2)11-4-3-9(7-15-11)21(19,20)17-8-5-10(13)12(14)16-6-8/h3-7,17H,1-2H3. The maximum Gasteiger partial charge on any atom is 0.263 e. The largest absolute Gasteiger partial charge is 0.363 e. The zero-order valence-electron chi connectivity index (χ0n) is 11.2. The van der Waals surface area contributed by atoms with E-state index in [1.807, 2.05) is 14.1 Å². The summed E-state index contributed by atoms with van der Waals surface area (Å²) in [6.45, 7) is 0. The smallest absolute Gasteiger partial charge is 0.263 e. The van der Waals surface area contributed by atoms with Gasteiger partial charge in [-0.3, -0.25) is 4.72 Å². The molecule has 0 amide bonds. The fraction of sp³-hybridized carbons (Fsp3) is 0.167. The minimum Gasteiger partial charge on any atom is -0.363 e. The topological polar surface area (TPSA) is 75.2 Å². The lowest BCUT2D eigenvalue weighted by Gasteiger charge is -2.12. The lowest BCUT2D eigenvalue weighted by molar-refractivity contribution is 0.601. The molecule has 0 spiro atoms. The van der Waals surface area contributed by atoms with Crippen LogP contribution in [0, 0.1) is 0 Å². The van der Waals surface area contributed by atoms with E-state index in [0.717, 1.165) is 0 Å². The van der Waals surface area contributed by atoms with E-state index in [9.17, 15) is 8.42 Å². The SMILES string of the molecule is CN(C)c1ccc(S(=O)(=O)Nc2cnc(Cl)c(Br)c2)cn1. The van der Waals surface area contributed by atoms with Crippen molar-refractivity contribution >= 4 is 49.1 Å². The molecule has 9 heteroatoms. The number of hydrogen-bond donors (Lipinski definition) is 1. The molecule has 0 aliphatic rings. The molecule has 0 aliphatic heterocycles. The van der Waals surface area contributed by atoms with Crippen LogP contribution in [0.3, 0.4) is 0 Å². The number of sulfonamides is 1. The van der Waals surface area contributed by atoms with Crippen molar-refractivity contribution in [2.75, 3.05) is 23.7 Å². The van der Waals surface area contributed by atoms with E-state index in [0.29, 0.717) is 16.0 Å². The fourth-order valence-corrected chi connectivity index (χ4v) is 2.92. The second-order valence-corrected chi connectivity index (χ2v) is 7.24. The molecule has 0 aliphatic carbocycles. The number of nitrogens with zero attached hydrogens (tertiary/aromatic N) is 3. The summed E-state index contributed by atoms with van der Waals surface area (Å²) in [6.07, 6.45) is 2.64. The second kappa shape index (κ2) is 6.17. The summed E-state index contributed by atoms with van der Waals surface area (Å²) in [5.74, 6) is 0.671. The van der Waals surface area contributed by atoms with Gasteiger partial charge in [-0.15, -0.1) is 0 Å². The maximum absolute atomic E-state index is 12.2. The molecular formula is C12H12BrClN4O2S. The Morgan fingerprint density at radius 1 is 1.24 bits per heavy atom. The first-order chi connectivity index (χ1) is 9.79. The van der Waals surface area contributed by atoms with Crippen LogP contribution in [0.2, 0.25) is 5.15 Å². The molecule has 0 saturated carbocycles. The molecule has 0 bridgehead atoms. The molecular weight excluding hydrogens is 380 g/mol. The predicted octanol–water partition coefficient (Wildman–Crippen LogP) is 2.76. The van der Waals surface area contributed by atoms with Gasteiger partial charge in [0.2, 0.25) is 0 Å². The molecule has 0 atom stereocenters. The molecule has 0 radical (unpaired) electrons. The monoisotopic (exact) mass is 390 g/mol. The Morgan fingerprint density at radius 2 is 1.95 bits per heavy atom. The minimum absolute atomic E-state index is 0.0687. The highest BCUT2D eigenvalue weighted by molar-refractivity contribution is 9.10. The van der Waals surface area contributed by atoms with Crippen molar-refractivity contribution in [2.24, 2.45) is 0 Å². The van der Waals surface area contributed by atoms with Crippen molar-refractivity contribution in [3.8, 4) is 0 Å². The molecule has 1 N–H and O–H groups in total. The van der Waals surface area contributed by atoms with Crippen molar-refractivity contribution in [1.29, 1.82) is 0 Å². The first-order valence-electron chi connectivity index (χ1n) is 5.77. The predicted molar refractivity (Wildman–Crippen MR) is 86.3 cm³/mol. The molecule has 21 heavy (non-hydrogen) atoms. The van der Waals surface area contributed by atoms with E-state index in [1.165, 1.54) is 24.5 Å². The third-order valence-electron chi connectivity index (χ3n) is 2.54. The van der Waals surface area contributed by atoms with E-state index in [1.54, 1.807) is 11.0 Å². The second-order valence-electron chi connectivity index (χ2n) is 4.35. The third kappa shape index (κ3) is 3.84. The van der Waals surface area contributed by atoms with Gasteiger partial charge >= 0.3 is 0 Å². The zero-order valence-corrected chi connectivity index (χ0v) is 14.4. The van der Waals surface area contributed by atoms with Crippen LogP contribution >= 0.6 is 27.5 Å². The fourth-order valence-electron chi connectivity index (χ4n) is 1.49. The van der Waals surface area contributed by atoms with Crippen LogP contribution in [-0.2, 0) is 10.0 Å². The number of anilines is 2. The summed E-state index contributed by atoms with van der Waals surface area (Å²) < 4.78 is 27.4. The van der Waals surface area contributed by atoms with Crippen molar-refractivity contribution < 1.29 is 8.42 Å². The summed E-state index contributed by atoms with van der Waals surface area (Å²) in [4.78, 5) is 9.79. The van der Waals surface area contributed by atoms with Crippen LogP contribution in [0.15, 0.2) is 40.0 Å². The van der Waals surface area contributed by atoms with Crippen LogP contribution in [-0.4, -0.2) is 32.5 Å². The Kier molecular flexibility index (Phi) is 4.70. The molecule has 0 aromatic carbocycles. The number of nitrogens with one attached hydrogen (secondary N) is 1. The lowest BCUT2D eigenvalue weighted by atomic mass is 10.4. The average molecular weight is 392 g/mol. The number of hydrogen-bond acceptors (Lipinski definition) is 5. The van der Waals surface area contributed by atoms with Gasteiger partial charge in [0, 0.05) is 20.3 Å². The highest BCUT2D eigenvalue weighted by atomic mass is 79.9. The quantitative estimate of drug-likeness (QED) is 0.811. The van der Waals surface area contributed by atoms with E-state index in [-0.39, 0.29) is 10.0 Å². The Morgan fingerprint density at radius 3 is 2.48 bits per heavy atom. The molecule has 0 fully saturated rings. The Labute approximate surface area is 136 Å². The summed E-state index contributed by atoms with van der Waals surface area (Å²) >= 11 is 8.95. The third-order valence-corrected chi connectivity index (χ3v) is 5.04. The van der Waals surface area contributed by atoms with Crippen molar-refractivity contribution in [2.45, 2.75) is 4.90 Å². The molecule has 2 heterocycles. The Balaban J connectivity index is 2.27. The minimum atomic E-state index is -3.72. The van der Waals surface area contributed by atoms with Gasteiger partial charge in [0.15, 0.2) is 0 Å². The molecule has 0 saturated heterocycles. The first-order valence-corrected chi connectivity index (χ1v) is 8.42. The van der Waals surface area contributed by atoms with E-state index in [4.69, 9.17) is 11.6 Å². The molecule has 112 valence electrons. The maximum atomic E-state index is 12.2. The van der Waals surface area contributed by atoms with Crippen LogP contribution in [0.5, 0.6) is 0 Å². The zero-order chi connectivity index (χ0) is 15.6. The number of aromatic nitrogens is 2. The van der Waals surface area contributed by atoms with E-state index in [2.05, 4.69) is 30.6 Å². The van der Waals surface area contributed by atoms with E-state index >= 15 is 0 Å². The number of halogens is 2. The molecule has 2 rings (SSSR count). The first kappa shape index (κ1) is 16.0. The van der Waals surface area contributed by atoms with Gasteiger partial charge in [0.25, 0.3) is 10.0 Å².